The summed E-state index contributed by atoms with van der Waals surface area (Å²) >= 11 is 0. The van der Waals surface area contributed by atoms with Crippen molar-refractivity contribution in [1.29, 1.82) is 0 Å². The summed E-state index contributed by atoms with van der Waals surface area (Å²) in [6, 6.07) is 39.7. The first-order chi connectivity index (χ1) is 22.7. The van der Waals surface area contributed by atoms with Crippen molar-refractivity contribution in [2.75, 3.05) is 19.8 Å². The van der Waals surface area contributed by atoms with Gasteiger partial charge in [0.1, 0.15) is 31.0 Å². The molecule has 0 N–H and O–H groups in total. The van der Waals surface area contributed by atoms with E-state index in [-0.39, 0.29) is 19.8 Å². The summed E-state index contributed by atoms with van der Waals surface area (Å²) in [7, 11) is 0. The molecule has 242 valence electrons. The number of ether oxygens (including phenoxy) is 7. The molecule has 0 spiro atoms. The Labute approximate surface area is 271 Å². The van der Waals surface area contributed by atoms with Crippen LogP contribution in [0.5, 0.6) is 0 Å². The largest absolute Gasteiger partial charge is 0.464 e. The van der Waals surface area contributed by atoms with Gasteiger partial charge in [-0.25, -0.2) is 4.79 Å². The molecule has 1 fully saturated rings. The van der Waals surface area contributed by atoms with Gasteiger partial charge in [0.15, 0.2) is 6.29 Å². The Morgan fingerprint density at radius 2 is 0.978 bits per heavy atom. The van der Waals surface area contributed by atoms with Crippen molar-refractivity contribution in [2.24, 2.45) is 0 Å². The van der Waals surface area contributed by atoms with Gasteiger partial charge in [0.25, 0.3) is 0 Å². The zero-order chi connectivity index (χ0) is 31.8. The van der Waals surface area contributed by atoms with Crippen LogP contribution in [-0.4, -0.2) is 56.5 Å². The molecule has 0 aromatic heterocycles. The molecule has 46 heavy (non-hydrogen) atoms. The molecule has 5 atom stereocenters. The minimum Gasteiger partial charge on any atom is -0.464 e. The van der Waals surface area contributed by atoms with Crippen LogP contribution in [0.2, 0.25) is 0 Å². The maximum atomic E-state index is 12.1. The highest BCUT2D eigenvalue weighted by Gasteiger charge is 2.49. The van der Waals surface area contributed by atoms with Crippen LogP contribution in [0.15, 0.2) is 121 Å². The maximum Gasteiger partial charge on any atom is 0.332 e. The SMILES string of the molecule is CCOC(=O)COC[C@H]1OC(OCc2ccccc2)[C@H](OCc2ccccc2)[C@@H](OCc2ccccc2)[C@@H]1OCc1ccccc1. The molecule has 0 bridgehead atoms. The lowest BCUT2D eigenvalue weighted by molar-refractivity contribution is -0.330. The second kappa shape index (κ2) is 18.3. The third-order valence-electron chi connectivity index (χ3n) is 7.51. The second-order valence-electron chi connectivity index (χ2n) is 10.9. The Balaban J connectivity index is 1.44. The van der Waals surface area contributed by atoms with Crippen molar-refractivity contribution < 1.29 is 38.0 Å². The number of hydrogen-bond acceptors (Lipinski definition) is 8. The summed E-state index contributed by atoms with van der Waals surface area (Å²) in [6.45, 7) is 3.14. The molecular weight excluding hydrogens is 584 g/mol. The van der Waals surface area contributed by atoms with Gasteiger partial charge in [-0.3, -0.25) is 0 Å². The molecule has 4 aromatic carbocycles. The van der Waals surface area contributed by atoms with E-state index in [2.05, 4.69) is 0 Å². The predicted molar refractivity (Wildman–Crippen MR) is 172 cm³/mol. The lowest BCUT2D eigenvalue weighted by Gasteiger charge is -2.45. The fourth-order valence-electron chi connectivity index (χ4n) is 5.23. The number of hydrogen-bond donors (Lipinski definition) is 0. The van der Waals surface area contributed by atoms with Crippen molar-refractivity contribution in [2.45, 2.75) is 64.1 Å². The number of esters is 1. The lowest BCUT2D eigenvalue weighted by atomic mass is 9.97. The van der Waals surface area contributed by atoms with Crippen LogP contribution < -0.4 is 0 Å². The zero-order valence-corrected chi connectivity index (χ0v) is 26.1. The van der Waals surface area contributed by atoms with E-state index in [9.17, 15) is 4.79 Å². The van der Waals surface area contributed by atoms with Crippen LogP contribution in [0.4, 0.5) is 0 Å². The van der Waals surface area contributed by atoms with Crippen LogP contribution in [0.25, 0.3) is 0 Å². The van der Waals surface area contributed by atoms with Crippen LogP contribution in [-0.2, 0) is 64.4 Å². The van der Waals surface area contributed by atoms with Gasteiger partial charge in [-0.2, -0.15) is 0 Å². The topological polar surface area (TPSA) is 81.7 Å². The summed E-state index contributed by atoms with van der Waals surface area (Å²) in [5, 5.41) is 0. The fraction of sp³-hybridized carbons (Fsp3) is 0.342. The zero-order valence-electron chi connectivity index (χ0n) is 26.1. The van der Waals surface area contributed by atoms with Gasteiger partial charge in [-0.1, -0.05) is 121 Å². The minimum atomic E-state index is -0.822. The van der Waals surface area contributed by atoms with Gasteiger partial charge in [0.2, 0.25) is 0 Å². The molecule has 1 saturated heterocycles. The van der Waals surface area contributed by atoms with Crippen molar-refractivity contribution >= 4 is 5.97 Å². The lowest BCUT2D eigenvalue weighted by Crippen LogP contribution is -2.61. The fourth-order valence-corrected chi connectivity index (χ4v) is 5.23. The maximum absolute atomic E-state index is 12.1. The van der Waals surface area contributed by atoms with E-state index in [1.807, 2.05) is 121 Å². The van der Waals surface area contributed by atoms with E-state index in [1.165, 1.54) is 0 Å². The Morgan fingerprint density at radius 3 is 1.43 bits per heavy atom. The van der Waals surface area contributed by atoms with Gasteiger partial charge < -0.3 is 33.2 Å². The molecule has 4 aromatic rings. The molecule has 1 aliphatic rings. The summed E-state index contributed by atoms with van der Waals surface area (Å²) in [6.07, 6.45) is -3.36. The molecule has 1 heterocycles. The van der Waals surface area contributed by atoms with Crippen LogP contribution in [0, 0.1) is 0 Å². The van der Waals surface area contributed by atoms with Crippen molar-refractivity contribution in [3.05, 3.63) is 144 Å². The third kappa shape index (κ3) is 10.3. The molecule has 8 heteroatoms. The Kier molecular flexibility index (Phi) is 13.3. The predicted octanol–water partition coefficient (Wildman–Crippen LogP) is 6.26. The van der Waals surface area contributed by atoms with E-state index < -0.39 is 36.7 Å². The van der Waals surface area contributed by atoms with Crippen LogP contribution in [0.1, 0.15) is 29.2 Å². The molecule has 1 aliphatic heterocycles. The van der Waals surface area contributed by atoms with Gasteiger partial charge in [0.05, 0.1) is 39.6 Å². The van der Waals surface area contributed by atoms with Gasteiger partial charge >= 0.3 is 5.97 Å². The first kappa shape index (κ1) is 33.5. The highest BCUT2D eigenvalue weighted by atomic mass is 16.7. The smallest absolute Gasteiger partial charge is 0.332 e. The standard InChI is InChI=1S/C38H42O8/c1-2-41-34(39)28-40-27-33-35(42-23-29-15-7-3-8-16-29)36(43-24-30-17-9-4-10-18-30)37(44-25-31-19-11-5-12-20-31)38(46-33)45-26-32-21-13-6-14-22-32/h3-22,33,35-38H,2,23-28H2,1H3/t33-,35-,36+,37-,38?/m1/s1. The van der Waals surface area contributed by atoms with E-state index in [1.54, 1.807) is 6.92 Å². The molecule has 0 radical (unpaired) electrons. The molecule has 0 amide bonds. The normalized spacial score (nSPS) is 21.1. The second-order valence-corrected chi connectivity index (χ2v) is 10.9. The Bertz CT molecular complexity index is 1400. The van der Waals surface area contributed by atoms with Gasteiger partial charge in [-0.05, 0) is 29.2 Å². The molecule has 5 rings (SSSR count). The number of benzene rings is 4. The first-order valence-electron chi connectivity index (χ1n) is 15.7. The van der Waals surface area contributed by atoms with E-state index in [0.29, 0.717) is 26.4 Å². The van der Waals surface area contributed by atoms with Crippen molar-refractivity contribution in [3.8, 4) is 0 Å². The first-order valence-corrected chi connectivity index (χ1v) is 15.7. The quantitative estimate of drug-likeness (QED) is 0.127. The number of carbonyl (C=O) groups excluding carboxylic acids is 1. The minimum absolute atomic E-state index is 0.0556. The molecule has 8 nitrogen and oxygen atoms in total. The van der Waals surface area contributed by atoms with Crippen LogP contribution in [0.3, 0.4) is 0 Å². The van der Waals surface area contributed by atoms with Crippen LogP contribution >= 0.6 is 0 Å². The summed E-state index contributed by atoms with van der Waals surface area (Å²) in [5.74, 6) is -0.446. The Morgan fingerprint density at radius 1 is 0.565 bits per heavy atom. The van der Waals surface area contributed by atoms with Gasteiger partial charge in [0, 0.05) is 0 Å². The molecule has 1 unspecified atom stereocenters. The van der Waals surface area contributed by atoms with E-state index >= 15 is 0 Å². The molecule has 0 saturated carbocycles. The highest BCUT2D eigenvalue weighted by molar-refractivity contribution is 5.70. The Hall–Kier alpha value is -3.89. The molecular formula is C38H42O8. The number of rotatable bonds is 17. The summed E-state index contributed by atoms with van der Waals surface area (Å²) < 4.78 is 43.8. The van der Waals surface area contributed by atoms with E-state index in [0.717, 1.165) is 22.3 Å². The average Bonchev–Trinajstić information content (AvgIpc) is 3.10. The van der Waals surface area contributed by atoms with Crippen molar-refractivity contribution in [1.82, 2.24) is 0 Å². The summed E-state index contributed by atoms with van der Waals surface area (Å²) in [5.41, 5.74) is 4.01. The van der Waals surface area contributed by atoms with Crippen molar-refractivity contribution in [3.63, 3.8) is 0 Å². The van der Waals surface area contributed by atoms with Gasteiger partial charge in [-0.15, -0.1) is 0 Å². The molecule has 0 aliphatic carbocycles. The monoisotopic (exact) mass is 626 g/mol. The average molecular weight is 627 g/mol. The van der Waals surface area contributed by atoms with E-state index in [4.69, 9.17) is 33.2 Å². The summed E-state index contributed by atoms with van der Waals surface area (Å²) in [4.78, 5) is 12.1. The number of carbonyl (C=O) groups is 1. The highest BCUT2D eigenvalue weighted by Crippen LogP contribution is 2.32. The third-order valence-corrected chi connectivity index (χ3v) is 7.51.